The average Bonchev–Trinajstić information content (AvgIpc) is 4.04. The van der Waals surface area contributed by atoms with Gasteiger partial charge >= 0.3 is 11.9 Å². The van der Waals surface area contributed by atoms with Crippen molar-refractivity contribution in [2.45, 2.75) is 98.4 Å². The van der Waals surface area contributed by atoms with Gasteiger partial charge < -0.3 is 23.6 Å². The Kier molecular flexibility index (Phi) is 16.7. The van der Waals surface area contributed by atoms with E-state index in [9.17, 15) is 14.4 Å². The Morgan fingerprint density at radius 2 is 0.971 bits per heavy atom. The minimum atomic E-state index is -2.88. The van der Waals surface area contributed by atoms with E-state index in [0.717, 1.165) is 25.1 Å². The Morgan fingerprint density at radius 1 is 0.580 bits per heavy atom. The van der Waals surface area contributed by atoms with Crippen molar-refractivity contribution in [1.29, 1.82) is 0 Å². The van der Waals surface area contributed by atoms with E-state index in [-0.39, 0.29) is 22.0 Å². The standard InChI is InChI=1S/C28H33N3O3SSi.C26H31NO4SSi/c1-19-18-24(27(32)33-7)26(35-19)31-21(3)29-30-25(31)20(2)34-36(28(4,5)6,22-14-10-8-11-15-22)23-16-12-9-13-17-23;1-18-17-22(25(29)30-6)24(32-18)27-23(28)19(2)31-33(26(3,4)5,20-13-9-7-10-14-20)21-15-11-8-12-16-21/h8-18,20H,1-7H3;7-17,19H,1-6H3,(H,27,28). The third kappa shape index (κ3) is 11.0. The number of carbonyl (C=O) groups excluding carboxylic acids is 3. The van der Waals surface area contributed by atoms with Crippen molar-refractivity contribution >= 4 is 82.9 Å². The Bertz CT molecular complexity index is 2760. The zero-order valence-corrected chi connectivity index (χ0v) is 45.5. The summed E-state index contributed by atoms with van der Waals surface area (Å²) in [6.45, 7) is 22.8. The molecular weight excluding hydrogens is 937 g/mol. The van der Waals surface area contributed by atoms with Crippen molar-refractivity contribution < 1.29 is 32.7 Å². The number of carbonyl (C=O) groups is 3. The highest BCUT2D eigenvalue weighted by molar-refractivity contribution is 7.16. The molecule has 3 aromatic heterocycles. The molecule has 2 unspecified atom stereocenters. The summed E-state index contributed by atoms with van der Waals surface area (Å²) in [5.74, 6) is 0.196. The number of benzene rings is 4. The monoisotopic (exact) mass is 1000 g/mol. The van der Waals surface area contributed by atoms with Gasteiger partial charge in [0.15, 0.2) is 5.82 Å². The van der Waals surface area contributed by atoms with Crippen LogP contribution in [-0.4, -0.2) is 69.6 Å². The molecule has 15 heteroatoms. The fraction of sp³-hybridized carbons (Fsp3) is 0.315. The van der Waals surface area contributed by atoms with Crippen LogP contribution in [0, 0.1) is 20.8 Å². The predicted octanol–water partition coefficient (Wildman–Crippen LogP) is 10.1. The van der Waals surface area contributed by atoms with Crippen LogP contribution in [0.1, 0.15) is 104 Å². The summed E-state index contributed by atoms with van der Waals surface area (Å²) in [6, 6.07) is 45.0. The highest BCUT2D eigenvalue weighted by atomic mass is 32.1. The minimum Gasteiger partial charge on any atom is -0.465 e. The molecule has 0 aliphatic rings. The van der Waals surface area contributed by atoms with Crippen LogP contribution in [0.25, 0.3) is 5.00 Å². The number of nitrogens with zero attached hydrogens (tertiary/aromatic N) is 3. The summed E-state index contributed by atoms with van der Waals surface area (Å²) in [7, 11) is -2.97. The topological polar surface area (TPSA) is 131 Å². The second-order valence-corrected chi connectivity index (χ2v) is 29.9. The highest BCUT2D eigenvalue weighted by Gasteiger charge is 2.53. The van der Waals surface area contributed by atoms with E-state index in [1.54, 1.807) is 13.0 Å². The number of hydrogen-bond acceptors (Lipinski definition) is 11. The Labute approximate surface area is 417 Å². The van der Waals surface area contributed by atoms with Crippen LogP contribution in [0.5, 0.6) is 0 Å². The van der Waals surface area contributed by atoms with Gasteiger partial charge in [0.05, 0.1) is 25.3 Å². The normalized spacial score (nSPS) is 12.9. The van der Waals surface area contributed by atoms with Crippen LogP contribution in [0.4, 0.5) is 5.00 Å². The maximum atomic E-state index is 13.3. The second kappa shape index (κ2) is 21.9. The predicted molar refractivity (Wildman–Crippen MR) is 284 cm³/mol. The minimum absolute atomic E-state index is 0.180. The molecule has 11 nitrogen and oxygen atoms in total. The van der Waals surface area contributed by atoms with Crippen LogP contribution in [0.3, 0.4) is 0 Å². The van der Waals surface area contributed by atoms with Crippen LogP contribution in [0.2, 0.25) is 10.1 Å². The first kappa shape index (κ1) is 52.6. The van der Waals surface area contributed by atoms with Gasteiger partial charge in [-0.3, -0.25) is 9.36 Å². The molecule has 7 rings (SSSR count). The summed E-state index contributed by atoms with van der Waals surface area (Å²) in [5.41, 5.74) is 0.854. The number of methoxy groups -OCH3 is 2. The largest absolute Gasteiger partial charge is 0.465 e. The van der Waals surface area contributed by atoms with E-state index in [0.29, 0.717) is 27.8 Å². The lowest BCUT2D eigenvalue weighted by atomic mass is 10.2. The number of amides is 1. The van der Waals surface area contributed by atoms with Gasteiger partial charge in [-0.15, -0.1) is 32.9 Å². The number of ether oxygens (including phenoxy) is 2. The van der Waals surface area contributed by atoms with Crippen LogP contribution < -0.4 is 26.1 Å². The zero-order chi connectivity index (χ0) is 50.3. The lowest BCUT2D eigenvalue weighted by Crippen LogP contribution is -2.68. The van der Waals surface area contributed by atoms with Crippen LogP contribution >= 0.6 is 22.7 Å². The molecule has 7 aromatic rings. The van der Waals surface area contributed by atoms with Crippen molar-refractivity contribution in [3.8, 4) is 5.00 Å². The lowest BCUT2D eigenvalue weighted by Gasteiger charge is -2.44. The van der Waals surface area contributed by atoms with Crippen LogP contribution in [-0.2, 0) is 23.1 Å². The first-order valence-corrected chi connectivity index (χ1v) is 28.3. The third-order valence-corrected chi connectivity index (χ3v) is 24.3. The summed E-state index contributed by atoms with van der Waals surface area (Å²) in [6.07, 6.45) is -1.14. The van der Waals surface area contributed by atoms with E-state index >= 15 is 0 Å². The quantitative estimate of drug-likeness (QED) is 0.0836. The maximum absolute atomic E-state index is 13.3. The van der Waals surface area contributed by atoms with Gasteiger partial charge in [-0.05, 0) is 77.6 Å². The first-order valence-electron chi connectivity index (χ1n) is 22.9. The molecule has 0 aliphatic carbocycles. The van der Waals surface area contributed by atoms with Crippen molar-refractivity contribution in [2.24, 2.45) is 0 Å². The van der Waals surface area contributed by atoms with E-state index in [4.69, 9.17) is 18.3 Å². The SMILES string of the molecule is COC(=O)c1cc(C)sc1-n1c(C)nnc1C(C)O[Si](c1ccccc1)(c1ccccc1)C(C)(C)C.COC(=O)c1cc(C)sc1NC(=O)C(C)O[Si](c1ccccc1)(c1ccccc1)C(C)(C)C. The summed E-state index contributed by atoms with van der Waals surface area (Å²) in [5, 5.41) is 17.2. The maximum Gasteiger partial charge on any atom is 0.340 e. The number of thiophene rings is 2. The van der Waals surface area contributed by atoms with Gasteiger partial charge in [-0.25, -0.2) is 9.59 Å². The summed E-state index contributed by atoms with van der Waals surface area (Å²) in [4.78, 5) is 39.9. The Balaban J connectivity index is 0.000000228. The third-order valence-electron chi connectivity index (χ3n) is 12.1. The lowest BCUT2D eigenvalue weighted by molar-refractivity contribution is -0.122. The van der Waals surface area contributed by atoms with Gasteiger partial charge in [0, 0.05) is 9.75 Å². The molecule has 3 heterocycles. The average molecular weight is 1000 g/mol. The highest BCUT2D eigenvalue weighted by Crippen LogP contribution is 2.41. The summed E-state index contributed by atoms with van der Waals surface area (Å²) >= 11 is 2.86. The van der Waals surface area contributed by atoms with Gasteiger partial charge in [-0.1, -0.05) is 163 Å². The molecule has 2 atom stereocenters. The first-order chi connectivity index (χ1) is 32.7. The zero-order valence-electron chi connectivity index (χ0n) is 41.9. The molecule has 4 aromatic carbocycles. The van der Waals surface area contributed by atoms with E-state index in [2.05, 4.69) is 130 Å². The molecule has 1 amide bonds. The molecule has 0 saturated heterocycles. The van der Waals surface area contributed by atoms with E-state index in [1.807, 2.05) is 86.9 Å². The van der Waals surface area contributed by atoms with E-state index in [1.165, 1.54) is 47.3 Å². The number of anilines is 1. The molecule has 1 N–H and O–H groups in total. The fourth-order valence-corrected chi connectivity index (χ4v) is 20.2. The molecule has 0 saturated carbocycles. The van der Waals surface area contributed by atoms with Crippen LogP contribution in [0.15, 0.2) is 133 Å². The Hall–Kier alpha value is -5.82. The summed E-state index contributed by atoms with van der Waals surface area (Å²) < 4.78 is 26.0. The van der Waals surface area contributed by atoms with Crippen molar-refractivity contribution in [3.05, 3.63) is 166 Å². The number of hydrogen-bond donors (Lipinski definition) is 1. The van der Waals surface area contributed by atoms with Gasteiger partial charge in [0.1, 0.15) is 28.0 Å². The molecule has 362 valence electrons. The Morgan fingerprint density at radius 3 is 1.39 bits per heavy atom. The fourth-order valence-electron chi connectivity index (χ4n) is 8.92. The number of rotatable bonds is 14. The van der Waals surface area contributed by atoms with Gasteiger partial charge in [0.2, 0.25) is 0 Å². The molecule has 0 fully saturated rings. The molecule has 0 bridgehead atoms. The smallest absolute Gasteiger partial charge is 0.340 e. The van der Waals surface area contributed by atoms with Gasteiger partial charge in [-0.2, -0.15) is 0 Å². The number of aromatic nitrogens is 3. The van der Waals surface area contributed by atoms with E-state index < -0.39 is 34.8 Å². The molecule has 0 spiro atoms. The van der Waals surface area contributed by atoms with Crippen molar-refractivity contribution in [1.82, 2.24) is 14.8 Å². The molecule has 0 radical (unpaired) electrons. The molecular formula is C54H64N4O7S2Si2. The van der Waals surface area contributed by atoms with Crippen molar-refractivity contribution in [3.63, 3.8) is 0 Å². The van der Waals surface area contributed by atoms with Crippen molar-refractivity contribution in [2.75, 3.05) is 19.5 Å². The molecule has 69 heavy (non-hydrogen) atoms. The van der Waals surface area contributed by atoms with Gasteiger partial charge in [0.25, 0.3) is 22.5 Å². The second-order valence-electron chi connectivity index (χ2n) is 18.9. The number of aryl methyl sites for hydroxylation is 3. The number of esters is 2. The molecule has 0 aliphatic heterocycles. The number of nitrogens with one attached hydrogen (secondary N) is 1.